The second-order valence-electron chi connectivity index (χ2n) is 4.32. The number of nitrogens with two attached hydrogens (primary N) is 2. The lowest BCUT2D eigenvalue weighted by molar-refractivity contribution is 0.485. The zero-order chi connectivity index (χ0) is 14.1. The van der Waals surface area contributed by atoms with E-state index in [4.69, 9.17) is 20.6 Å². The average molecular weight is 268 g/mol. The van der Waals surface area contributed by atoms with Crippen LogP contribution in [0.4, 0.5) is 11.4 Å². The predicted molar refractivity (Wildman–Crippen MR) is 77.8 cm³/mol. The summed E-state index contributed by atoms with van der Waals surface area (Å²) in [5.41, 5.74) is 12.0. The number of nitrogen functional groups attached to an aromatic ring is 2. The summed E-state index contributed by atoms with van der Waals surface area (Å²) < 4.78 is 10.9. The third-order valence-electron chi connectivity index (χ3n) is 2.90. The minimum atomic E-state index is -0.302. The molecule has 0 bridgehead atoms. The first kappa shape index (κ1) is 12.1. The second kappa shape index (κ2) is 4.62. The standard InChI is InChI=1S/C15H12N2O3/c16-11-7-13-10(15(18)12(17)8-19-13)6-14(11)20-9-4-2-1-3-5-9/h1-8H,16-17H2. The Bertz CT molecular complexity index is 826. The molecule has 0 aliphatic heterocycles. The maximum atomic E-state index is 12.0. The van der Waals surface area contributed by atoms with Crippen molar-refractivity contribution >= 4 is 22.3 Å². The number of ether oxygens (including phenoxy) is 1. The molecule has 2 aromatic carbocycles. The third kappa shape index (κ3) is 2.05. The van der Waals surface area contributed by atoms with Gasteiger partial charge in [0.05, 0.1) is 11.1 Å². The van der Waals surface area contributed by atoms with Gasteiger partial charge in [0.2, 0.25) is 5.43 Å². The fourth-order valence-electron chi connectivity index (χ4n) is 1.89. The highest BCUT2D eigenvalue weighted by molar-refractivity contribution is 5.85. The Morgan fingerprint density at radius 1 is 1.00 bits per heavy atom. The lowest BCUT2D eigenvalue weighted by Gasteiger charge is -2.09. The maximum absolute atomic E-state index is 12.0. The van der Waals surface area contributed by atoms with Gasteiger partial charge < -0.3 is 20.6 Å². The second-order valence-corrected chi connectivity index (χ2v) is 4.32. The topological polar surface area (TPSA) is 91.5 Å². The summed E-state index contributed by atoms with van der Waals surface area (Å²) in [5, 5.41) is 0.338. The van der Waals surface area contributed by atoms with Crippen LogP contribution in [0.25, 0.3) is 11.0 Å². The summed E-state index contributed by atoms with van der Waals surface area (Å²) in [6.07, 6.45) is 1.21. The van der Waals surface area contributed by atoms with E-state index in [0.29, 0.717) is 28.2 Å². The summed E-state index contributed by atoms with van der Waals surface area (Å²) in [6.45, 7) is 0. The summed E-state index contributed by atoms with van der Waals surface area (Å²) >= 11 is 0. The van der Waals surface area contributed by atoms with Crippen LogP contribution in [0.2, 0.25) is 0 Å². The van der Waals surface area contributed by atoms with E-state index in [2.05, 4.69) is 0 Å². The van der Waals surface area contributed by atoms with Gasteiger partial charge in [-0.25, -0.2) is 0 Å². The van der Waals surface area contributed by atoms with E-state index in [0.717, 1.165) is 0 Å². The fraction of sp³-hybridized carbons (Fsp3) is 0. The van der Waals surface area contributed by atoms with Crippen molar-refractivity contribution in [1.29, 1.82) is 0 Å². The van der Waals surface area contributed by atoms with E-state index >= 15 is 0 Å². The van der Waals surface area contributed by atoms with E-state index in [1.54, 1.807) is 24.3 Å². The number of rotatable bonds is 2. The molecular formula is C15H12N2O3. The average Bonchev–Trinajstić information content (AvgIpc) is 2.46. The van der Waals surface area contributed by atoms with Gasteiger partial charge in [0, 0.05) is 6.07 Å². The van der Waals surface area contributed by atoms with Crippen molar-refractivity contribution in [2.45, 2.75) is 0 Å². The van der Waals surface area contributed by atoms with Gasteiger partial charge in [-0.15, -0.1) is 0 Å². The minimum absolute atomic E-state index is 0.0490. The third-order valence-corrected chi connectivity index (χ3v) is 2.90. The van der Waals surface area contributed by atoms with Crippen molar-refractivity contribution in [2.75, 3.05) is 11.5 Å². The number of anilines is 2. The first-order valence-corrected chi connectivity index (χ1v) is 5.98. The van der Waals surface area contributed by atoms with E-state index in [1.165, 1.54) is 6.26 Å². The van der Waals surface area contributed by atoms with Crippen molar-refractivity contribution in [3.8, 4) is 11.5 Å². The smallest absolute Gasteiger partial charge is 0.215 e. The summed E-state index contributed by atoms with van der Waals surface area (Å²) in [6, 6.07) is 12.3. The van der Waals surface area contributed by atoms with Crippen LogP contribution in [-0.2, 0) is 0 Å². The summed E-state index contributed by atoms with van der Waals surface area (Å²) in [5.74, 6) is 1.02. The molecule has 0 radical (unpaired) electrons. The van der Waals surface area contributed by atoms with Crippen LogP contribution in [0.5, 0.6) is 11.5 Å². The molecule has 0 aliphatic carbocycles. The number of benzene rings is 2. The Balaban J connectivity index is 2.14. The molecule has 4 N–H and O–H groups in total. The summed E-state index contributed by atoms with van der Waals surface area (Å²) in [7, 11) is 0. The SMILES string of the molecule is Nc1cc2occ(N)c(=O)c2cc1Oc1ccccc1. The lowest BCUT2D eigenvalue weighted by Crippen LogP contribution is -2.08. The molecule has 3 aromatic rings. The Morgan fingerprint density at radius 2 is 1.75 bits per heavy atom. The van der Waals surface area contributed by atoms with Gasteiger partial charge in [0.15, 0.2) is 5.75 Å². The van der Waals surface area contributed by atoms with Crippen LogP contribution in [0.1, 0.15) is 0 Å². The van der Waals surface area contributed by atoms with E-state index in [1.807, 2.05) is 18.2 Å². The van der Waals surface area contributed by atoms with Gasteiger partial charge >= 0.3 is 0 Å². The first-order chi connectivity index (χ1) is 9.65. The molecule has 3 rings (SSSR count). The van der Waals surface area contributed by atoms with Gasteiger partial charge in [-0.1, -0.05) is 18.2 Å². The molecule has 0 atom stereocenters. The molecule has 0 fully saturated rings. The highest BCUT2D eigenvalue weighted by Gasteiger charge is 2.10. The molecule has 0 amide bonds. The van der Waals surface area contributed by atoms with Crippen LogP contribution in [-0.4, -0.2) is 0 Å². The van der Waals surface area contributed by atoms with Crippen LogP contribution in [0.3, 0.4) is 0 Å². The zero-order valence-corrected chi connectivity index (χ0v) is 10.5. The predicted octanol–water partition coefficient (Wildman–Crippen LogP) is 2.75. The molecule has 0 aliphatic rings. The highest BCUT2D eigenvalue weighted by Crippen LogP contribution is 2.31. The Kier molecular flexibility index (Phi) is 2.80. The maximum Gasteiger partial charge on any atom is 0.215 e. The van der Waals surface area contributed by atoms with Crippen molar-refractivity contribution in [3.05, 3.63) is 59.0 Å². The number of hydrogen-bond acceptors (Lipinski definition) is 5. The molecule has 0 saturated carbocycles. The van der Waals surface area contributed by atoms with Crippen LogP contribution >= 0.6 is 0 Å². The molecule has 0 saturated heterocycles. The largest absolute Gasteiger partial charge is 0.462 e. The number of para-hydroxylation sites is 1. The monoisotopic (exact) mass is 268 g/mol. The van der Waals surface area contributed by atoms with E-state index in [-0.39, 0.29) is 11.1 Å². The Hall–Kier alpha value is -2.95. The molecule has 0 spiro atoms. The van der Waals surface area contributed by atoms with Gasteiger partial charge in [0.25, 0.3) is 0 Å². The quantitative estimate of drug-likeness (QED) is 0.697. The van der Waals surface area contributed by atoms with Gasteiger partial charge in [-0.2, -0.15) is 0 Å². The summed E-state index contributed by atoms with van der Waals surface area (Å²) in [4.78, 5) is 12.0. The fourth-order valence-corrected chi connectivity index (χ4v) is 1.89. The zero-order valence-electron chi connectivity index (χ0n) is 10.5. The van der Waals surface area contributed by atoms with E-state index in [9.17, 15) is 4.79 Å². The van der Waals surface area contributed by atoms with Crippen LogP contribution < -0.4 is 21.6 Å². The molecular weight excluding hydrogens is 256 g/mol. The highest BCUT2D eigenvalue weighted by atomic mass is 16.5. The molecule has 5 heteroatoms. The van der Waals surface area contributed by atoms with Crippen molar-refractivity contribution < 1.29 is 9.15 Å². The normalized spacial score (nSPS) is 10.6. The Morgan fingerprint density at radius 3 is 2.50 bits per heavy atom. The lowest BCUT2D eigenvalue weighted by atomic mass is 10.2. The van der Waals surface area contributed by atoms with Gasteiger partial charge in [-0.05, 0) is 18.2 Å². The van der Waals surface area contributed by atoms with Crippen molar-refractivity contribution in [2.24, 2.45) is 0 Å². The molecule has 5 nitrogen and oxygen atoms in total. The molecule has 0 unspecified atom stereocenters. The van der Waals surface area contributed by atoms with E-state index < -0.39 is 0 Å². The molecule has 20 heavy (non-hydrogen) atoms. The number of hydrogen-bond donors (Lipinski definition) is 2. The first-order valence-electron chi connectivity index (χ1n) is 5.98. The molecule has 1 aromatic heterocycles. The van der Waals surface area contributed by atoms with Crippen LogP contribution in [0, 0.1) is 0 Å². The molecule has 1 heterocycles. The van der Waals surface area contributed by atoms with Crippen LogP contribution in [0.15, 0.2) is 57.9 Å². The van der Waals surface area contributed by atoms with Crippen molar-refractivity contribution in [1.82, 2.24) is 0 Å². The molecule has 100 valence electrons. The number of fused-ring (bicyclic) bond motifs is 1. The Labute approximate surface area is 114 Å². The van der Waals surface area contributed by atoms with Gasteiger partial charge in [0.1, 0.15) is 23.3 Å². The van der Waals surface area contributed by atoms with Crippen molar-refractivity contribution in [3.63, 3.8) is 0 Å². The van der Waals surface area contributed by atoms with Gasteiger partial charge in [-0.3, -0.25) is 4.79 Å². The minimum Gasteiger partial charge on any atom is -0.462 e.